The largest absolute Gasteiger partial charge is 0.423 e. The zero-order chi connectivity index (χ0) is 18.7. The van der Waals surface area contributed by atoms with Gasteiger partial charge in [-0.15, -0.1) is 0 Å². The van der Waals surface area contributed by atoms with E-state index in [1.165, 1.54) is 0 Å². The number of aryl methyl sites for hydroxylation is 1. The van der Waals surface area contributed by atoms with Crippen molar-refractivity contribution < 1.29 is 14.1 Å². The summed E-state index contributed by atoms with van der Waals surface area (Å²) < 4.78 is 10.7. The van der Waals surface area contributed by atoms with Gasteiger partial charge < -0.3 is 9.26 Å². The maximum atomic E-state index is 12.5. The third kappa shape index (κ3) is 3.50. The summed E-state index contributed by atoms with van der Waals surface area (Å²) in [6.07, 6.45) is 0. The maximum absolute atomic E-state index is 12.5. The number of nitrogens with zero attached hydrogens (tertiary/aromatic N) is 2. The van der Waals surface area contributed by atoms with Crippen LogP contribution in [0.3, 0.4) is 0 Å². The summed E-state index contributed by atoms with van der Waals surface area (Å²) in [5, 5.41) is 12.7. The summed E-state index contributed by atoms with van der Waals surface area (Å²) in [6.45, 7) is 5.59. The Hall–Kier alpha value is -3.39. The minimum atomic E-state index is -0.474. The summed E-state index contributed by atoms with van der Waals surface area (Å²) >= 11 is 0. The first-order valence-electron chi connectivity index (χ1n) is 8.28. The quantitative estimate of drug-likeness (QED) is 0.498. The van der Waals surface area contributed by atoms with Gasteiger partial charge in [0.25, 0.3) is 0 Å². The van der Waals surface area contributed by atoms with Crippen LogP contribution in [0.1, 0.15) is 47.1 Å². The maximum Gasteiger partial charge on any atom is 0.349 e. The van der Waals surface area contributed by atoms with E-state index in [4.69, 9.17) is 14.5 Å². The Morgan fingerprint density at radius 2 is 1.65 bits per heavy atom. The van der Waals surface area contributed by atoms with E-state index in [1.54, 1.807) is 31.2 Å². The fourth-order valence-electron chi connectivity index (χ4n) is 2.64. The minimum absolute atomic E-state index is 0.0394. The first-order valence-corrected chi connectivity index (χ1v) is 8.28. The highest BCUT2D eigenvalue weighted by Gasteiger charge is 2.24. The Bertz CT molecular complexity index is 962. The summed E-state index contributed by atoms with van der Waals surface area (Å²) in [6, 6.07) is 16.6. The Balaban J connectivity index is 1.78. The zero-order valence-electron chi connectivity index (χ0n) is 14.8. The second-order valence-electron chi connectivity index (χ2n) is 6.26. The molecule has 3 aromatic rings. The number of carbonyl (C=O) groups is 1. The second-order valence-corrected chi connectivity index (χ2v) is 6.26. The van der Waals surface area contributed by atoms with E-state index in [0.29, 0.717) is 28.3 Å². The molecule has 5 nitrogen and oxygen atoms in total. The standard InChI is InChI=1S/C21H18N2O3/c1-13(2)20-19(14(3)23-26-20)21(24)25-18-10-8-17(9-11-18)16-6-4-15(12-22)5-7-16/h4-11,13H,1-3H3. The van der Waals surface area contributed by atoms with Gasteiger partial charge in [-0.05, 0) is 42.3 Å². The van der Waals surface area contributed by atoms with Gasteiger partial charge in [0.2, 0.25) is 0 Å². The number of aromatic nitrogens is 1. The van der Waals surface area contributed by atoms with Crippen molar-refractivity contribution in [2.24, 2.45) is 0 Å². The highest BCUT2D eigenvalue weighted by atomic mass is 16.5. The molecule has 2 aromatic carbocycles. The molecule has 26 heavy (non-hydrogen) atoms. The van der Waals surface area contributed by atoms with Crippen molar-refractivity contribution in [1.29, 1.82) is 5.26 Å². The van der Waals surface area contributed by atoms with Crippen LogP contribution in [0.2, 0.25) is 0 Å². The third-order valence-electron chi connectivity index (χ3n) is 4.03. The van der Waals surface area contributed by atoms with Gasteiger partial charge >= 0.3 is 5.97 Å². The fraction of sp³-hybridized carbons (Fsp3) is 0.190. The second kappa shape index (κ2) is 7.24. The van der Waals surface area contributed by atoms with Gasteiger partial charge in [-0.2, -0.15) is 5.26 Å². The molecule has 1 heterocycles. The lowest BCUT2D eigenvalue weighted by atomic mass is 10.0. The highest BCUT2D eigenvalue weighted by molar-refractivity contribution is 5.93. The third-order valence-corrected chi connectivity index (χ3v) is 4.03. The molecule has 0 unspecified atom stereocenters. The Labute approximate surface area is 151 Å². The first kappa shape index (κ1) is 17.4. The van der Waals surface area contributed by atoms with Crippen molar-refractivity contribution in [2.45, 2.75) is 26.7 Å². The van der Waals surface area contributed by atoms with E-state index in [1.807, 2.05) is 38.1 Å². The number of hydrogen-bond acceptors (Lipinski definition) is 5. The van der Waals surface area contributed by atoms with Gasteiger partial charge in [0, 0.05) is 5.92 Å². The van der Waals surface area contributed by atoms with Gasteiger partial charge in [-0.25, -0.2) is 4.79 Å². The monoisotopic (exact) mass is 346 g/mol. The van der Waals surface area contributed by atoms with E-state index in [9.17, 15) is 4.79 Å². The van der Waals surface area contributed by atoms with E-state index >= 15 is 0 Å². The average molecular weight is 346 g/mol. The molecule has 0 fully saturated rings. The average Bonchev–Trinajstić information content (AvgIpc) is 3.04. The Morgan fingerprint density at radius 3 is 2.19 bits per heavy atom. The van der Waals surface area contributed by atoms with Crippen LogP contribution >= 0.6 is 0 Å². The number of benzene rings is 2. The van der Waals surface area contributed by atoms with Crippen LogP contribution in [-0.2, 0) is 0 Å². The number of nitriles is 1. The van der Waals surface area contributed by atoms with Crippen LogP contribution in [0.15, 0.2) is 53.1 Å². The van der Waals surface area contributed by atoms with E-state index in [2.05, 4.69) is 11.2 Å². The van der Waals surface area contributed by atoms with Crippen LogP contribution in [0.4, 0.5) is 0 Å². The van der Waals surface area contributed by atoms with Gasteiger partial charge in [0.15, 0.2) is 5.76 Å². The summed E-state index contributed by atoms with van der Waals surface area (Å²) in [4.78, 5) is 12.5. The molecule has 0 aliphatic carbocycles. The van der Waals surface area contributed by atoms with Gasteiger partial charge in [-0.1, -0.05) is 43.3 Å². The first-order chi connectivity index (χ1) is 12.5. The van der Waals surface area contributed by atoms with E-state index in [0.717, 1.165) is 11.1 Å². The van der Waals surface area contributed by atoms with Crippen molar-refractivity contribution in [2.75, 3.05) is 0 Å². The van der Waals surface area contributed by atoms with Crippen molar-refractivity contribution in [3.63, 3.8) is 0 Å². The molecular weight excluding hydrogens is 328 g/mol. The highest BCUT2D eigenvalue weighted by Crippen LogP contribution is 2.26. The Kier molecular flexibility index (Phi) is 4.85. The van der Waals surface area contributed by atoms with E-state index in [-0.39, 0.29) is 5.92 Å². The predicted molar refractivity (Wildman–Crippen MR) is 96.9 cm³/mol. The Morgan fingerprint density at radius 1 is 1.08 bits per heavy atom. The number of esters is 1. The molecule has 0 saturated carbocycles. The van der Waals surface area contributed by atoms with Gasteiger partial charge in [0.1, 0.15) is 11.3 Å². The van der Waals surface area contributed by atoms with Gasteiger partial charge in [-0.3, -0.25) is 0 Å². The lowest BCUT2D eigenvalue weighted by molar-refractivity contribution is 0.0731. The number of ether oxygens (including phenoxy) is 1. The molecular formula is C21H18N2O3. The summed E-state index contributed by atoms with van der Waals surface area (Å²) in [5.74, 6) is 0.542. The van der Waals surface area contributed by atoms with Crippen molar-refractivity contribution in [3.05, 3.63) is 71.1 Å². The van der Waals surface area contributed by atoms with Crippen LogP contribution in [0, 0.1) is 18.3 Å². The zero-order valence-corrected chi connectivity index (χ0v) is 14.8. The van der Waals surface area contributed by atoms with Crippen molar-refractivity contribution in [1.82, 2.24) is 5.16 Å². The molecule has 0 radical (unpaired) electrons. The topological polar surface area (TPSA) is 76.1 Å². The molecule has 0 saturated heterocycles. The number of rotatable bonds is 4. The molecule has 3 rings (SSSR count). The molecule has 0 spiro atoms. The predicted octanol–water partition coefficient (Wildman–Crippen LogP) is 4.86. The SMILES string of the molecule is Cc1noc(C(C)C)c1C(=O)Oc1ccc(-c2ccc(C#N)cc2)cc1. The van der Waals surface area contributed by atoms with Crippen LogP contribution in [0.25, 0.3) is 11.1 Å². The molecule has 0 aliphatic heterocycles. The minimum Gasteiger partial charge on any atom is -0.423 e. The number of carbonyl (C=O) groups excluding carboxylic acids is 1. The molecule has 5 heteroatoms. The number of hydrogen-bond donors (Lipinski definition) is 0. The summed E-state index contributed by atoms with van der Waals surface area (Å²) in [5.41, 5.74) is 3.48. The normalized spacial score (nSPS) is 10.6. The molecule has 130 valence electrons. The molecule has 1 aromatic heterocycles. The molecule has 0 aliphatic rings. The molecule has 0 amide bonds. The lowest BCUT2D eigenvalue weighted by Crippen LogP contribution is -2.11. The van der Waals surface area contributed by atoms with E-state index < -0.39 is 5.97 Å². The smallest absolute Gasteiger partial charge is 0.349 e. The van der Waals surface area contributed by atoms with Gasteiger partial charge in [0.05, 0.1) is 17.3 Å². The van der Waals surface area contributed by atoms with Crippen molar-refractivity contribution >= 4 is 5.97 Å². The van der Waals surface area contributed by atoms with Crippen LogP contribution in [-0.4, -0.2) is 11.1 Å². The molecule has 0 bridgehead atoms. The molecule has 0 N–H and O–H groups in total. The van der Waals surface area contributed by atoms with Crippen molar-refractivity contribution in [3.8, 4) is 22.9 Å². The van der Waals surface area contributed by atoms with Crippen LogP contribution < -0.4 is 4.74 Å². The lowest BCUT2D eigenvalue weighted by Gasteiger charge is -2.07. The summed E-state index contributed by atoms with van der Waals surface area (Å²) in [7, 11) is 0. The fourth-order valence-corrected chi connectivity index (χ4v) is 2.64. The molecule has 0 atom stereocenters. The van der Waals surface area contributed by atoms with Crippen LogP contribution in [0.5, 0.6) is 5.75 Å².